The van der Waals surface area contributed by atoms with Crippen LogP contribution in [-0.4, -0.2) is 47.9 Å². The normalized spacial score (nSPS) is 11.9. The Hall–Kier alpha value is 0.0900. The highest BCUT2D eigenvalue weighted by Crippen LogP contribution is 2.19. The van der Waals surface area contributed by atoms with Crippen LogP contribution in [0.1, 0.15) is 40.5 Å². The number of amides is 1. The Labute approximate surface area is 131 Å². The second-order valence-corrected chi connectivity index (χ2v) is 8.39. The van der Waals surface area contributed by atoms with Gasteiger partial charge in [-0.25, -0.2) is 0 Å². The van der Waals surface area contributed by atoms with Gasteiger partial charge < -0.3 is 15.2 Å². The van der Waals surface area contributed by atoms with Crippen molar-refractivity contribution >= 4 is 27.5 Å². The van der Waals surface area contributed by atoms with E-state index in [-0.39, 0.29) is 12.5 Å². The highest BCUT2D eigenvalue weighted by atomic mass is 33.1. The van der Waals surface area contributed by atoms with Gasteiger partial charge in [0.2, 0.25) is 5.91 Å². The van der Waals surface area contributed by atoms with Crippen molar-refractivity contribution in [1.82, 2.24) is 5.32 Å². The second kappa shape index (κ2) is 11.7. The minimum atomic E-state index is -0.405. The first kappa shape index (κ1) is 20.1. The molecule has 20 heavy (non-hydrogen) atoms. The SMILES string of the molecule is CC(C)CCOC(C)(C)CC(=O)NCCSSCCO. The van der Waals surface area contributed by atoms with Crippen LogP contribution < -0.4 is 5.32 Å². The Morgan fingerprint density at radius 1 is 1.30 bits per heavy atom. The van der Waals surface area contributed by atoms with Gasteiger partial charge in [0, 0.05) is 24.7 Å². The molecular formula is C14H29NO3S2. The van der Waals surface area contributed by atoms with Crippen LogP contribution >= 0.6 is 21.6 Å². The molecule has 0 aromatic carbocycles. The van der Waals surface area contributed by atoms with Gasteiger partial charge in [0.05, 0.1) is 18.6 Å². The zero-order chi connectivity index (χ0) is 15.4. The fraction of sp³-hybridized carbons (Fsp3) is 0.929. The molecule has 0 bridgehead atoms. The Morgan fingerprint density at radius 2 is 1.95 bits per heavy atom. The third-order valence-corrected chi connectivity index (χ3v) is 4.93. The first-order valence-electron chi connectivity index (χ1n) is 7.13. The summed E-state index contributed by atoms with van der Waals surface area (Å²) in [5.74, 6) is 2.24. The summed E-state index contributed by atoms with van der Waals surface area (Å²) in [6.07, 6.45) is 1.41. The van der Waals surface area contributed by atoms with Crippen molar-refractivity contribution in [3.05, 3.63) is 0 Å². The standard InChI is InChI=1S/C14H29NO3S2/c1-12(2)5-8-18-14(3,4)11-13(17)15-6-9-19-20-10-7-16/h12,16H,5-11H2,1-4H3,(H,15,17). The van der Waals surface area contributed by atoms with Crippen LogP contribution in [0.5, 0.6) is 0 Å². The van der Waals surface area contributed by atoms with Crippen LogP contribution in [0, 0.1) is 5.92 Å². The van der Waals surface area contributed by atoms with Crippen molar-refractivity contribution in [2.24, 2.45) is 5.92 Å². The number of rotatable bonds is 12. The summed E-state index contributed by atoms with van der Waals surface area (Å²) in [5, 5.41) is 11.5. The van der Waals surface area contributed by atoms with Crippen molar-refractivity contribution in [1.29, 1.82) is 0 Å². The van der Waals surface area contributed by atoms with E-state index in [0.717, 1.165) is 17.9 Å². The molecule has 0 saturated carbocycles. The summed E-state index contributed by atoms with van der Waals surface area (Å²) in [6.45, 7) is 9.80. The van der Waals surface area contributed by atoms with Crippen molar-refractivity contribution < 1.29 is 14.6 Å². The number of carbonyl (C=O) groups excluding carboxylic acids is 1. The molecule has 6 heteroatoms. The predicted molar refractivity (Wildman–Crippen MR) is 89.1 cm³/mol. The number of hydrogen-bond donors (Lipinski definition) is 2. The minimum absolute atomic E-state index is 0.0345. The number of hydrogen-bond acceptors (Lipinski definition) is 5. The molecule has 0 aromatic heterocycles. The number of aliphatic hydroxyl groups is 1. The Morgan fingerprint density at radius 3 is 2.55 bits per heavy atom. The van der Waals surface area contributed by atoms with E-state index >= 15 is 0 Å². The van der Waals surface area contributed by atoms with E-state index in [2.05, 4.69) is 19.2 Å². The van der Waals surface area contributed by atoms with Crippen molar-refractivity contribution in [2.75, 3.05) is 31.3 Å². The van der Waals surface area contributed by atoms with Crippen molar-refractivity contribution in [2.45, 2.75) is 46.1 Å². The number of nitrogens with one attached hydrogen (secondary N) is 1. The lowest BCUT2D eigenvalue weighted by atomic mass is 10.0. The van der Waals surface area contributed by atoms with Crippen LogP contribution in [0.4, 0.5) is 0 Å². The van der Waals surface area contributed by atoms with E-state index in [0.29, 0.717) is 25.5 Å². The first-order chi connectivity index (χ1) is 9.37. The summed E-state index contributed by atoms with van der Waals surface area (Å²) in [4.78, 5) is 11.8. The quantitative estimate of drug-likeness (QED) is 0.427. The van der Waals surface area contributed by atoms with Gasteiger partial charge in [0.1, 0.15) is 0 Å². The summed E-state index contributed by atoms with van der Waals surface area (Å²) >= 11 is 0. The molecule has 2 N–H and O–H groups in total. The topological polar surface area (TPSA) is 58.6 Å². The van der Waals surface area contributed by atoms with Gasteiger partial charge >= 0.3 is 0 Å². The predicted octanol–water partition coefficient (Wildman–Crippen LogP) is 2.71. The van der Waals surface area contributed by atoms with Crippen LogP contribution in [0.3, 0.4) is 0 Å². The summed E-state index contributed by atoms with van der Waals surface area (Å²) in [7, 11) is 3.29. The molecule has 0 heterocycles. The van der Waals surface area contributed by atoms with E-state index in [1.807, 2.05) is 13.8 Å². The Kier molecular flexibility index (Phi) is 11.8. The van der Waals surface area contributed by atoms with Crippen molar-refractivity contribution in [3.8, 4) is 0 Å². The maximum absolute atomic E-state index is 11.8. The van der Waals surface area contributed by atoms with Gasteiger partial charge in [-0.3, -0.25) is 4.79 Å². The maximum Gasteiger partial charge on any atom is 0.222 e. The van der Waals surface area contributed by atoms with Crippen LogP contribution in [0.2, 0.25) is 0 Å². The van der Waals surface area contributed by atoms with E-state index in [1.54, 1.807) is 21.6 Å². The van der Waals surface area contributed by atoms with Gasteiger partial charge in [-0.1, -0.05) is 35.4 Å². The lowest BCUT2D eigenvalue weighted by Crippen LogP contribution is -2.35. The molecule has 0 aliphatic carbocycles. The second-order valence-electron chi connectivity index (χ2n) is 5.68. The fourth-order valence-corrected chi connectivity index (χ4v) is 3.13. The minimum Gasteiger partial charge on any atom is -0.395 e. The highest BCUT2D eigenvalue weighted by molar-refractivity contribution is 8.76. The van der Waals surface area contributed by atoms with Crippen molar-refractivity contribution in [3.63, 3.8) is 0 Å². The lowest BCUT2D eigenvalue weighted by molar-refractivity contribution is -0.127. The molecule has 0 saturated heterocycles. The average molecular weight is 324 g/mol. The first-order valence-corrected chi connectivity index (χ1v) is 9.62. The van der Waals surface area contributed by atoms with E-state index in [9.17, 15) is 4.79 Å². The summed E-state index contributed by atoms with van der Waals surface area (Å²) < 4.78 is 5.77. The molecule has 1 amide bonds. The lowest BCUT2D eigenvalue weighted by Gasteiger charge is -2.25. The number of carbonyl (C=O) groups is 1. The van der Waals surface area contributed by atoms with E-state index in [4.69, 9.17) is 9.84 Å². The molecule has 0 rings (SSSR count). The molecule has 0 spiro atoms. The van der Waals surface area contributed by atoms with E-state index in [1.165, 1.54) is 0 Å². The molecule has 0 radical (unpaired) electrons. The maximum atomic E-state index is 11.8. The van der Waals surface area contributed by atoms with Gasteiger partial charge in [0.15, 0.2) is 0 Å². The van der Waals surface area contributed by atoms with Crippen LogP contribution in [-0.2, 0) is 9.53 Å². The summed E-state index contributed by atoms with van der Waals surface area (Å²) in [5.41, 5.74) is -0.405. The third-order valence-electron chi connectivity index (χ3n) is 2.54. The molecule has 0 fully saturated rings. The largest absolute Gasteiger partial charge is 0.395 e. The van der Waals surface area contributed by atoms with Crippen LogP contribution in [0.25, 0.3) is 0 Å². The fourth-order valence-electron chi connectivity index (χ4n) is 1.46. The average Bonchev–Trinajstić information content (AvgIpc) is 2.32. The summed E-state index contributed by atoms with van der Waals surface area (Å²) in [6, 6.07) is 0. The van der Waals surface area contributed by atoms with Gasteiger partial charge in [0.25, 0.3) is 0 Å². The molecule has 120 valence electrons. The monoisotopic (exact) mass is 323 g/mol. The smallest absolute Gasteiger partial charge is 0.222 e. The highest BCUT2D eigenvalue weighted by Gasteiger charge is 2.22. The number of ether oxygens (including phenoxy) is 1. The molecule has 0 atom stereocenters. The van der Waals surface area contributed by atoms with Gasteiger partial charge in [-0.05, 0) is 26.2 Å². The molecule has 0 aliphatic heterocycles. The molecule has 0 unspecified atom stereocenters. The zero-order valence-corrected chi connectivity index (χ0v) is 14.7. The molecule has 0 aliphatic rings. The van der Waals surface area contributed by atoms with Crippen LogP contribution in [0.15, 0.2) is 0 Å². The Bertz CT molecular complexity index is 261. The Balaban J connectivity index is 3.66. The van der Waals surface area contributed by atoms with Gasteiger partial charge in [-0.2, -0.15) is 0 Å². The molecular weight excluding hydrogens is 294 g/mol. The number of aliphatic hydroxyl groups excluding tert-OH is 1. The zero-order valence-electron chi connectivity index (χ0n) is 13.1. The molecule has 0 aromatic rings. The van der Waals surface area contributed by atoms with E-state index < -0.39 is 5.60 Å². The third kappa shape index (κ3) is 13.1. The van der Waals surface area contributed by atoms with Gasteiger partial charge in [-0.15, -0.1) is 0 Å². The molecule has 4 nitrogen and oxygen atoms in total.